The van der Waals surface area contributed by atoms with Crippen molar-refractivity contribution in [3.8, 4) is 0 Å². The van der Waals surface area contributed by atoms with E-state index < -0.39 is 0 Å². The van der Waals surface area contributed by atoms with E-state index in [1.54, 1.807) is 12.1 Å². The second-order valence-corrected chi connectivity index (χ2v) is 6.26. The molecule has 1 aromatic rings. The average Bonchev–Trinajstić information content (AvgIpc) is 2.32. The molecule has 1 aromatic carbocycles. The summed E-state index contributed by atoms with van der Waals surface area (Å²) in [4.78, 5) is 0. The van der Waals surface area contributed by atoms with E-state index in [1.807, 2.05) is 0 Å². The van der Waals surface area contributed by atoms with Crippen molar-refractivity contribution in [2.24, 2.45) is 5.73 Å². The maximum Gasteiger partial charge on any atom is 0.137 e. The predicted octanol–water partition coefficient (Wildman–Crippen LogP) is 3.29. The maximum atomic E-state index is 13.3. The maximum absolute atomic E-state index is 13.3. The third kappa shape index (κ3) is 3.46. The molecule has 0 aromatic heterocycles. The highest BCUT2D eigenvalue weighted by Gasteiger charge is 2.37. The Balaban J connectivity index is 2.19. The van der Waals surface area contributed by atoms with Crippen LogP contribution in [0.3, 0.4) is 0 Å². The first kappa shape index (κ1) is 14.8. The molecule has 5 heteroatoms. The van der Waals surface area contributed by atoms with Crippen molar-refractivity contribution < 1.29 is 9.13 Å². The largest absolute Gasteiger partial charge is 0.378 e. The highest BCUT2D eigenvalue weighted by atomic mass is 79.9. The molecule has 3 nitrogen and oxygen atoms in total. The van der Waals surface area contributed by atoms with Crippen molar-refractivity contribution in [2.45, 2.75) is 44.4 Å². The van der Waals surface area contributed by atoms with Crippen LogP contribution in [-0.4, -0.2) is 24.3 Å². The van der Waals surface area contributed by atoms with E-state index in [0.29, 0.717) is 11.0 Å². The van der Waals surface area contributed by atoms with E-state index >= 15 is 0 Å². The fourth-order valence-electron chi connectivity index (χ4n) is 2.88. The Hall–Kier alpha value is -0.650. The lowest BCUT2D eigenvalue weighted by Gasteiger charge is -2.43. The standard InChI is InChI=1S/C14H20BrFN2O/c1-9-6-14(8-17,7-10(2)19-9)18-11-3-4-13(16)12(15)5-11/h3-5,9-10,18H,6-8,17H2,1-2H3. The fourth-order valence-corrected chi connectivity index (χ4v) is 3.26. The monoisotopic (exact) mass is 330 g/mol. The smallest absolute Gasteiger partial charge is 0.137 e. The predicted molar refractivity (Wildman–Crippen MR) is 78.8 cm³/mol. The van der Waals surface area contributed by atoms with E-state index in [2.05, 4.69) is 35.1 Å². The highest BCUT2D eigenvalue weighted by molar-refractivity contribution is 9.10. The van der Waals surface area contributed by atoms with Gasteiger partial charge < -0.3 is 15.8 Å². The number of halogens is 2. The van der Waals surface area contributed by atoms with E-state index in [0.717, 1.165) is 18.5 Å². The van der Waals surface area contributed by atoms with Crippen molar-refractivity contribution in [3.63, 3.8) is 0 Å². The lowest BCUT2D eigenvalue weighted by molar-refractivity contribution is -0.0536. The zero-order chi connectivity index (χ0) is 14.0. The molecule has 1 fully saturated rings. The molecular weight excluding hydrogens is 311 g/mol. The first-order valence-corrected chi connectivity index (χ1v) is 7.32. The van der Waals surface area contributed by atoms with Crippen LogP contribution in [-0.2, 0) is 4.74 Å². The van der Waals surface area contributed by atoms with Crippen LogP contribution in [0.25, 0.3) is 0 Å². The van der Waals surface area contributed by atoms with Gasteiger partial charge in [0.05, 0.1) is 22.2 Å². The molecule has 0 spiro atoms. The molecule has 0 aliphatic carbocycles. The highest BCUT2D eigenvalue weighted by Crippen LogP contribution is 2.32. The van der Waals surface area contributed by atoms with Gasteiger partial charge in [0.1, 0.15) is 5.82 Å². The molecule has 0 radical (unpaired) electrons. The lowest BCUT2D eigenvalue weighted by atomic mass is 9.84. The SMILES string of the molecule is CC1CC(CN)(Nc2ccc(F)c(Br)c2)CC(C)O1. The Kier molecular flexibility index (Phi) is 4.48. The normalized spacial score (nSPS) is 31.2. The summed E-state index contributed by atoms with van der Waals surface area (Å²) < 4.78 is 19.5. The van der Waals surface area contributed by atoms with Crippen molar-refractivity contribution in [2.75, 3.05) is 11.9 Å². The summed E-state index contributed by atoms with van der Waals surface area (Å²) in [6.45, 7) is 4.64. The third-order valence-corrected chi connectivity index (χ3v) is 4.15. The number of ether oxygens (including phenoxy) is 1. The minimum Gasteiger partial charge on any atom is -0.378 e. The van der Waals surface area contributed by atoms with Crippen LogP contribution in [0, 0.1) is 5.82 Å². The number of rotatable bonds is 3. The molecule has 0 amide bonds. The van der Waals surface area contributed by atoms with E-state index in [1.165, 1.54) is 6.07 Å². The average molecular weight is 331 g/mol. The number of nitrogens with two attached hydrogens (primary N) is 1. The van der Waals surface area contributed by atoms with Crippen molar-refractivity contribution in [3.05, 3.63) is 28.5 Å². The molecule has 2 rings (SSSR count). The van der Waals surface area contributed by atoms with Crippen molar-refractivity contribution in [1.82, 2.24) is 0 Å². The topological polar surface area (TPSA) is 47.3 Å². The van der Waals surface area contributed by atoms with E-state index in [4.69, 9.17) is 10.5 Å². The van der Waals surface area contributed by atoms with Crippen LogP contribution in [0.2, 0.25) is 0 Å². The number of nitrogens with one attached hydrogen (secondary N) is 1. The summed E-state index contributed by atoms with van der Waals surface area (Å²) in [5.41, 5.74) is 6.66. The summed E-state index contributed by atoms with van der Waals surface area (Å²) >= 11 is 3.20. The Labute approximate surface area is 121 Å². The molecule has 2 unspecified atom stereocenters. The lowest BCUT2D eigenvalue weighted by Crippen LogP contribution is -2.53. The summed E-state index contributed by atoms with van der Waals surface area (Å²) in [6, 6.07) is 4.93. The van der Waals surface area contributed by atoms with Gasteiger partial charge in [-0.2, -0.15) is 0 Å². The molecular formula is C14H20BrFN2O. The Morgan fingerprint density at radius 2 is 2.05 bits per heavy atom. The van der Waals surface area contributed by atoms with Crippen LogP contribution < -0.4 is 11.1 Å². The molecule has 1 aliphatic rings. The first-order chi connectivity index (χ1) is 8.94. The van der Waals surface area contributed by atoms with Gasteiger partial charge >= 0.3 is 0 Å². The number of benzene rings is 1. The van der Waals surface area contributed by atoms with Gasteiger partial charge in [0, 0.05) is 12.2 Å². The van der Waals surface area contributed by atoms with Gasteiger partial charge in [0.2, 0.25) is 0 Å². The third-order valence-electron chi connectivity index (χ3n) is 3.54. The quantitative estimate of drug-likeness (QED) is 0.894. The van der Waals surface area contributed by atoms with Crippen LogP contribution in [0.5, 0.6) is 0 Å². The first-order valence-electron chi connectivity index (χ1n) is 6.53. The zero-order valence-corrected chi connectivity index (χ0v) is 12.8. The Morgan fingerprint density at radius 3 is 2.58 bits per heavy atom. The van der Waals surface area contributed by atoms with Gasteiger partial charge in [-0.3, -0.25) is 0 Å². The summed E-state index contributed by atoms with van der Waals surface area (Å²) in [5, 5.41) is 3.47. The zero-order valence-electron chi connectivity index (χ0n) is 11.2. The van der Waals surface area contributed by atoms with Gasteiger partial charge in [-0.25, -0.2) is 4.39 Å². The van der Waals surface area contributed by atoms with Gasteiger partial charge in [0.25, 0.3) is 0 Å². The minimum absolute atomic E-state index is 0.170. The van der Waals surface area contributed by atoms with Gasteiger partial charge in [-0.05, 0) is 60.8 Å². The number of anilines is 1. The minimum atomic E-state index is -0.263. The summed E-state index contributed by atoms with van der Waals surface area (Å²) in [7, 11) is 0. The van der Waals surface area contributed by atoms with Gasteiger partial charge in [-0.15, -0.1) is 0 Å². The Bertz CT molecular complexity index is 445. The second-order valence-electron chi connectivity index (χ2n) is 5.40. The van der Waals surface area contributed by atoms with E-state index in [-0.39, 0.29) is 23.6 Å². The molecule has 3 N–H and O–H groups in total. The molecule has 106 valence electrons. The number of hydrogen-bond acceptors (Lipinski definition) is 3. The molecule has 0 bridgehead atoms. The van der Waals surface area contributed by atoms with Crippen LogP contribution >= 0.6 is 15.9 Å². The van der Waals surface area contributed by atoms with Gasteiger partial charge in [-0.1, -0.05) is 0 Å². The summed E-state index contributed by atoms with van der Waals surface area (Å²) in [6.07, 6.45) is 2.04. The molecule has 2 atom stereocenters. The van der Waals surface area contributed by atoms with Crippen molar-refractivity contribution >= 4 is 21.6 Å². The summed E-state index contributed by atoms with van der Waals surface area (Å²) in [5.74, 6) is -0.263. The Morgan fingerprint density at radius 1 is 1.42 bits per heavy atom. The van der Waals surface area contributed by atoms with Crippen LogP contribution in [0.4, 0.5) is 10.1 Å². The van der Waals surface area contributed by atoms with Crippen LogP contribution in [0.1, 0.15) is 26.7 Å². The van der Waals surface area contributed by atoms with Gasteiger partial charge in [0.15, 0.2) is 0 Å². The molecule has 19 heavy (non-hydrogen) atoms. The molecule has 1 aliphatic heterocycles. The second kappa shape index (κ2) is 5.77. The fraction of sp³-hybridized carbons (Fsp3) is 0.571. The van der Waals surface area contributed by atoms with E-state index in [9.17, 15) is 4.39 Å². The number of hydrogen-bond donors (Lipinski definition) is 2. The molecule has 1 saturated heterocycles. The van der Waals surface area contributed by atoms with Crippen molar-refractivity contribution in [1.29, 1.82) is 0 Å². The molecule has 0 saturated carbocycles. The van der Waals surface area contributed by atoms with Crippen LogP contribution in [0.15, 0.2) is 22.7 Å². The molecule has 1 heterocycles.